The predicted octanol–water partition coefficient (Wildman–Crippen LogP) is 3.42. The van der Waals surface area contributed by atoms with Gasteiger partial charge in [-0.25, -0.2) is 8.42 Å². The minimum absolute atomic E-state index is 0.0534. The van der Waals surface area contributed by atoms with Crippen LogP contribution in [0.3, 0.4) is 0 Å². The summed E-state index contributed by atoms with van der Waals surface area (Å²) in [6.07, 6.45) is 2.87. The third kappa shape index (κ3) is 5.99. The molecule has 1 aliphatic carbocycles. The number of ether oxygens (including phenoxy) is 1. The van der Waals surface area contributed by atoms with E-state index in [2.05, 4.69) is 21.4 Å². The Labute approximate surface area is 204 Å². The Bertz CT molecular complexity index is 1310. The lowest BCUT2D eigenvalue weighted by Gasteiger charge is -2.26. The molecule has 0 aromatic heterocycles. The van der Waals surface area contributed by atoms with Crippen LogP contribution in [0.5, 0.6) is 5.75 Å². The van der Waals surface area contributed by atoms with Crippen molar-refractivity contribution in [1.82, 2.24) is 10.6 Å². The number of carbonyl (C=O) groups is 2. The summed E-state index contributed by atoms with van der Waals surface area (Å²) in [5.74, 6) is -0.130. The number of aryl methyl sites for hydroxylation is 1. The Hall–Kier alpha value is -3.85. The normalized spacial score (nSPS) is 14.9. The zero-order chi connectivity index (χ0) is 24.8. The molecule has 0 heterocycles. The third-order valence-corrected chi connectivity index (χ3v) is 7.28. The molecule has 0 spiro atoms. The third-order valence-electron chi connectivity index (χ3n) is 5.88. The minimum Gasteiger partial charge on any atom is -0.497 e. The van der Waals surface area contributed by atoms with Crippen LogP contribution in [-0.2, 0) is 21.2 Å². The van der Waals surface area contributed by atoms with E-state index >= 15 is 0 Å². The summed E-state index contributed by atoms with van der Waals surface area (Å²) >= 11 is 0. The molecule has 1 unspecified atom stereocenters. The highest BCUT2D eigenvalue weighted by Crippen LogP contribution is 2.29. The zero-order valence-electron chi connectivity index (χ0n) is 19.3. The monoisotopic (exact) mass is 493 g/mol. The molecule has 3 N–H and O–H groups in total. The number of rotatable bonds is 8. The molecular formula is C26H27N3O5S. The van der Waals surface area contributed by atoms with Gasteiger partial charge in [-0.15, -0.1) is 0 Å². The molecule has 0 aliphatic heterocycles. The Morgan fingerprint density at radius 1 is 0.971 bits per heavy atom. The zero-order valence-corrected chi connectivity index (χ0v) is 20.1. The topological polar surface area (TPSA) is 114 Å². The average molecular weight is 494 g/mol. The van der Waals surface area contributed by atoms with Gasteiger partial charge in [0.25, 0.3) is 15.9 Å². The maximum Gasteiger partial charge on any atom is 0.261 e. The fourth-order valence-electron chi connectivity index (χ4n) is 4.07. The van der Waals surface area contributed by atoms with Gasteiger partial charge in [-0.3, -0.25) is 14.3 Å². The number of fused-ring (bicyclic) bond motifs is 1. The largest absolute Gasteiger partial charge is 0.497 e. The van der Waals surface area contributed by atoms with Crippen molar-refractivity contribution in [2.75, 3.05) is 18.4 Å². The molecule has 35 heavy (non-hydrogen) atoms. The lowest BCUT2D eigenvalue weighted by atomic mass is 9.88. The first-order valence-electron chi connectivity index (χ1n) is 11.3. The Morgan fingerprint density at radius 2 is 1.69 bits per heavy atom. The van der Waals surface area contributed by atoms with E-state index in [0.29, 0.717) is 17.0 Å². The molecule has 0 fully saturated rings. The van der Waals surface area contributed by atoms with E-state index in [0.717, 1.165) is 24.8 Å². The molecule has 0 saturated carbocycles. The lowest BCUT2D eigenvalue weighted by molar-refractivity contribution is -0.121. The van der Waals surface area contributed by atoms with Crippen molar-refractivity contribution in [1.29, 1.82) is 0 Å². The highest BCUT2D eigenvalue weighted by atomic mass is 32.2. The number of amides is 2. The van der Waals surface area contributed by atoms with E-state index in [1.807, 2.05) is 18.2 Å². The van der Waals surface area contributed by atoms with Gasteiger partial charge < -0.3 is 15.4 Å². The second-order valence-electron chi connectivity index (χ2n) is 8.25. The molecule has 3 aromatic carbocycles. The van der Waals surface area contributed by atoms with Gasteiger partial charge in [0.1, 0.15) is 5.75 Å². The summed E-state index contributed by atoms with van der Waals surface area (Å²) in [4.78, 5) is 25.0. The van der Waals surface area contributed by atoms with Crippen LogP contribution >= 0.6 is 0 Å². The van der Waals surface area contributed by atoms with Gasteiger partial charge in [0, 0.05) is 11.3 Å². The molecule has 1 aliphatic rings. The van der Waals surface area contributed by atoms with E-state index in [1.54, 1.807) is 12.1 Å². The van der Waals surface area contributed by atoms with Crippen molar-refractivity contribution < 1.29 is 22.7 Å². The molecular weight excluding hydrogens is 466 g/mol. The summed E-state index contributed by atoms with van der Waals surface area (Å²) in [6, 6.07) is 20.0. The average Bonchev–Trinajstić information content (AvgIpc) is 2.88. The fourth-order valence-corrected chi connectivity index (χ4v) is 5.13. The SMILES string of the molecule is COc1ccc(S(=O)(=O)Nc2ccc(C(=O)NCC(=O)NC3CCCc4ccccc43)cc2)cc1. The number of hydrogen-bond donors (Lipinski definition) is 3. The van der Waals surface area contributed by atoms with E-state index < -0.39 is 15.9 Å². The first-order chi connectivity index (χ1) is 16.9. The van der Waals surface area contributed by atoms with E-state index in [4.69, 9.17) is 4.74 Å². The highest BCUT2D eigenvalue weighted by molar-refractivity contribution is 7.92. The van der Waals surface area contributed by atoms with Crippen molar-refractivity contribution in [2.45, 2.75) is 30.2 Å². The van der Waals surface area contributed by atoms with Crippen molar-refractivity contribution in [2.24, 2.45) is 0 Å². The van der Waals surface area contributed by atoms with Crippen LogP contribution in [0.4, 0.5) is 5.69 Å². The van der Waals surface area contributed by atoms with Gasteiger partial charge in [-0.2, -0.15) is 0 Å². The van der Waals surface area contributed by atoms with Crippen LogP contribution in [0, 0.1) is 0 Å². The van der Waals surface area contributed by atoms with Crippen LogP contribution in [0.1, 0.15) is 40.4 Å². The van der Waals surface area contributed by atoms with Gasteiger partial charge in [0.15, 0.2) is 0 Å². The van der Waals surface area contributed by atoms with Gasteiger partial charge in [-0.1, -0.05) is 24.3 Å². The Kier molecular flexibility index (Phi) is 7.36. The summed E-state index contributed by atoms with van der Waals surface area (Å²) in [5, 5.41) is 5.62. The second kappa shape index (κ2) is 10.6. The number of benzene rings is 3. The number of hydrogen-bond acceptors (Lipinski definition) is 5. The standard InChI is InChI=1S/C26H27N3O5S/c1-34-21-13-15-22(16-14-21)35(32,33)29-20-11-9-19(10-12-20)26(31)27-17-25(30)28-24-8-4-6-18-5-2-3-7-23(18)24/h2-3,5,7,9-16,24,29H,4,6,8,17H2,1H3,(H,27,31)(H,28,30). The molecule has 9 heteroatoms. The van der Waals surface area contributed by atoms with Crippen LogP contribution in [0.2, 0.25) is 0 Å². The summed E-state index contributed by atoms with van der Waals surface area (Å²) < 4.78 is 32.6. The Balaban J connectivity index is 1.31. The predicted molar refractivity (Wildman–Crippen MR) is 133 cm³/mol. The molecule has 4 rings (SSSR count). The number of methoxy groups -OCH3 is 1. The van der Waals surface area contributed by atoms with Crippen molar-refractivity contribution in [3.8, 4) is 5.75 Å². The van der Waals surface area contributed by atoms with Crippen molar-refractivity contribution in [3.63, 3.8) is 0 Å². The molecule has 0 saturated heterocycles. The molecule has 0 bridgehead atoms. The molecule has 182 valence electrons. The fraction of sp³-hybridized carbons (Fsp3) is 0.231. The van der Waals surface area contributed by atoms with Crippen LogP contribution in [-0.4, -0.2) is 33.9 Å². The maximum absolute atomic E-state index is 12.6. The first kappa shape index (κ1) is 24.3. The van der Waals surface area contributed by atoms with Crippen molar-refractivity contribution in [3.05, 3.63) is 89.5 Å². The van der Waals surface area contributed by atoms with E-state index in [-0.39, 0.29) is 23.4 Å². The second-order valence-corrected chi connectivity index (χ2v) is 9.93. The first-order valence-corrected chi connectivity index (χ1v) is 12.8. The molecule has 1 atom stereocenters. The summed E-state index contributed by atoms with van der Waals surface area (Å²) in [5.41, 5.74) is 3.00. The molecule has 8 nitrogen and oxygen atoms in total. The molecule has 0 radical (unpaired) electrons. The Morgan fingerprint density at radius 3 is 2.40 bits per heavy atom. The van der Waals surface area contributed by atoms with Crippen molar-refractivity contribution >= 4 is 27.5 Å². The van der Waals surface area contributed by atoms with E-state index in [9.17, 15) is 18.0 Å². The highest BCUT2D eigenvalue weighted by Gasteiger charge is 2.21. The molecule has 3 aromatic rings. The quantitative estimate of drug-likeness (QED) is 0.445. The lowest BCUT2D eigenvalue weighted by Crippen LogP contribution is -2.39. The number of anilines is 1. The van der Waals surface area contributed by atoms with Crippen LogP contribution in [0.25, 0.3) is 0 Å². The van der Waals surface area contributed by atoms with Crippen LogP contribution < -0.4 is 20.1 Å². The molecule has 2 amide bonds. The van der Waals surface area contributed by atoms with Gasteiger partial charge >= 0.3 is 0 Å². The number of carbonyl (C=O) groups excluding carboxylic acids is 2. The minimum atomic E-state index is -3.79. The van der Waals surface area contributed by atoms with E-state index in [1.165, 1.54) is 49.1 Å². The van der Waals surface area contributed by atoms with Gasteiger partial charge in [0.2, 0.25) is 5.91 Å². The number of nitrogens with one attached hydrogen (secondary N) is 3. The van der Waals surface area contributed by atoms with Crippen LogP contribution in [0.15, 0.2) is 77.7 Å². The maximum atomic E-state index is 12.6. The summed E-state index contributed by atoms with van der Waals surface area (Å²) in [7, 11) is -2.29. The van der Waals surface area contributed by atoms with Gasteiger partial charge in [-0.05, 0) is 78.9 Å². The van der Waals surface area contributed by atoms with Gasteiger partial charge in [0.05, 0.1) is 24.6 Å². The summed E-state index contributed by atoms with van der Waals surface area (Å²) in [6.45, 7) is -0.149. The number of sulfonamides is 1. The smallest absolute Gasteiger partial charge is 0.261 e.